The van der Waals surface area contributed by atoms with Gasteiger partial charge < -0.3 is 19.3 Å². The number of aryl methyl sites for hydroxylation is 1. The molecule has 138 valence electrons. The third kappa shape index (κ3) is 3.27. The number of hydrogen-bond donors (Lipinski definition) is 0. The van der Waals surface area contributed by atoms with Crippen LogP contribution in [0.4, 0.5) is 5.13 Å². The zero-order valence-corrected chi connectivity index (χ0v) is 15.6. The van der Waals surface area contributed by atoms with Gasteiger partial charge in [-0.1, -0.05) is 6.92 Å². The lowest BCUT2D eigenvalue weighted by atomic mass is 10.0. The maximum Gasteiger partial charge on any atom is 0.231 e. The first kappa shape index (κ1) is 17.2. The van der Waals surface area contributed by atoms with Crippen molar-refractivity contribution in [2.45, 2.75) is 44.8 Å². The average Bonchev–Trinajstić information content (AvgIpc) is 3.34. The average molecular weight is 366 g/mol. The Labute approximate surface area is 152 Å². The number of ether oxygens (including phenoxy) is 2. The van der Waals surface area contributed by atoms with Gasteiger partial charge in [0.2, 0.25) is 11.0 Å². The molecule has 1 saturated carbocycles. The van der Waals surface area contributed by atoms with E-state index in [1.807, 2.05) is 4.90 Å². The topological polar surface area (TPSA) is 67.8 Å². The van der Waals surface area contributed by atoms with E-state index in [4.69, 9.17) is 9.47 Å². The normalized spacial score (nSPS) is 26.4. The van der Waals surface area contributed by atoms with Gasteiger partial charge in [0.05, 0.1) is 19.1 Å². The molecule has 25 heavy (non-hydrogen) atoms. The summed E-state index contributed by atoms with van der Waals surface area (Å²) in [7, 11) is 0. The standard InChI is InChI=1S/C17H26N4O3S/c1-2-14-18-16(25-19-14)21-8-4-7-20(9-10-21)15(22)13-5-3-6-17(13)23-11-12-24-17/h13H,2-12H2,1H3/t13-/m1/s1. The zero-order valence-electron chi connectivity index (χ0n) is 14.8. The van der Waals surface area contributed by atoms with Crippen LogP contribution in [0.2, 0.25) is 0 Å². The molecule has 3 fully saturated rings. The van der Waals surface area contributed by atoms with Crippen molar-refractivity contribution in [1.82, 2.24) is 14.3 Å². The molecule has 3 heterocycles. The third-order valence-electron chi connectivity index (χ3n) is 5.47. The number of aromatic nitrogens is 2. The summed E-state index contributed by atoms with van der Waals surface area (Å²) in [4.78, 5) is 22.0. The van der Waals surface area contributed by atoms with E-state index >= 15 is 0 Å². The predicted molar refractivity (Wildman–Crippen MR) is 94.7 cm³/mol. The molecule has 0 radical (unpaired) electrons. The molecule has 3 aliphatic rings. The van der Waals surface area contributed by atoms with E-state index in [0.29, 0.717) is 13.2 Å². The fourth-order valence-corrected chi connectivity index (χ4v) is 4.94. The monoisotopic (exact) mass is 366 g/mol. The largest absolute Gasteiger partial charge is 0.347 e. The highest BCUT2D eigenvalue weighted by Crippen LogP contribution is 2.43. The Balaban J connectivity index is 1.41. The van der Waals surface area contributed by atoms with Crippen LogP contribution >= 0.6 is 11.5 Å². The molecule has 1 aliphatic carbocycles. The number of anilines is 1. The third-order valence-corrected chi connectivity index (χ3v) is 6.29. The Morgan fingerprint density at radius 2 is 2.08 bits per heavy atom. The van der Waals surface area contributed by atoms with Crippen LogP contribution in [0.15, 0.2) is 0 Å². The summed E-state index contributed by atoms with van der Waals surface area (Å²) in [5, 5.41) is 0.978. The molecule has 7 nitrogen and oxygen atoms in total. The number of amides is 1. The molecule has 1 aromatic heterocycles. The maximum atomic E-state index is 13.1. The molecule has 1 spiro atoms. The SMILES string of the molecule is CCc1nsc(N2CCCN(C(=O)[C@H]3CCCC34OCCO4)CC2)n1. The smallest absolute Gasteiger partial charge is 0.231 e. The van der Waals surface area contributed by atoms with Gasteiger partial charge in [0.15, 0.2) is 5.79 Å². The number of carbonyl (C=O) groups is 1. The Morgan fingerprint density at radius 3 is 2.84 bits per heavy atom. The minimum atomic E-state index is -0.641. The lowest BCUT2D eigenvalue weighted by Crippen LogP contribution is -2.47. The summed E-state index contributed by atoms with van der Waals surface area (Å²) in [6, 6.07) is 0. The highest BCUT2D eigenvalue weighted by molar-refractivity contribution is 7.09. The van der Waals surface area contributed by atoms with Gasteiger partial charge in [-0.15, -0.1) is 0 Å². The quantitative estimate of drug-likeness (QED) is 0.811. The fraction of sp³-hybridized carbons (Fsp3) is 0.824. The molecule has 0 aromatic carbocycles. The van der Waals surface area contributed by atoms with Gasteiger partial charge >= 0.3 is 0 Å². The molecule has 0 N–H and O–H groups in total. The molecule has 8 heteroatoms. The van der Waals surface area contributed by atoms with Gasteiger partial charge in [0, 0.05) is 50.6 Å². The van der Waals surface area contributed by atoms with E-state index < -0.39 is 5.79 Å². The lowest BCUT2D eigenvalue weighted by Gasteiger charge is -2.32. The first-order valence-electron chi connectivity index (χ1n) is 9.36. The molecule has 0 unspecified atom stereocenters. The Bertz CT molecular complexity index is 611. The number of carbonyl (C=O) groups excluding carboxylic acids is 1. The second-order valence-electron chi connectivity index (χ2n) is 6.97. The van der Waals surface area contributed by atoms with Gasteiger partial charge in [-0.25, -0.2) is 4.98 Å². The minimum absolute atomic E-state index is 0.144. The van der Waals surface area contributed by atoms with E-state index in [1.165, 1.54) is 11.5 Å². The van der Waals surface area contributed by atoms with Gasteiger partial charge in [-0.3, -0.25) is 4.79 Å². The molecule has 0 bridgehead atoms. The van der Waals surface area contributed by atoms with Crippen molar-refractivity contribution in [2.24, 2.45) is 5.92 Å². The summed E-state index contributed by atoms with van der Waals surface area (Å²) in [6.45, 7) is 6.53. The first-order chi connectivity index (χ1) is 12.2. The van der Waals surface area contributed by atoms with Crippen LogP contribution in [0, 0.1) is 5.92 Å². The fourth-order valence-electron chi connectivity index (χ4n) is 4.14. The van der Waals surface area contributed by atoms with Gasteiger partial charge in [-0.2, -0.15) is 4.37 Å². The predicted octanol–water partition coefficient (Wildman–Crippen LogP) is 1.68. The Morgan fingerprint density at radius 1 is 1.24 bits per heavy atom. The Kier molecular flexibility index (Phi) is 4.92. The molecule has 1 aromatic rings. The van der Waals surface area contributed by atoms with Crippen molar-refractivity contribution in [3.8, 4) is 0 Å². The number of rotatable bonds is 3. The van der Waals surface area contributed by atoms with E-state index in [1.54, 1.807) is 0 Å². The van der Waals surface area contributed by atoms with Crippen molar-refractivity contribution >= 4 is 22.6 Å². The molecule has 4 rings (SSSR count). The summed E-state index contributed by atoms with van der Waals surface area (Å²) in [5.41, 5.74) is 0. The van der Waals surface area contributed by atoms with E-state index in [2.05, 4.69) is 21.2 Å². The summed E-state index contributed by atoms with van der Waals surface area (Å²) in [6.07, 6.45) is 4.52. The first-order valence-corrected chi connectivity index (χ1v) is 10.1. The summed E-state index contributed by atoms with van der Waals surface area (Å²) in [5.74, 6) is 0.321. The number of nitrogens with zero attached hydrogens (tertiary/aromatic N) is 4. The van der Waals surface area contributed by atoms with Gasteiger partial charge in [0.1, 0.15) is 5.82 Å². The van der Waals surface area contributed by atoms with E-state index in [9.17, 15) is 4.79 Å². The summed E-state index contributed by atoms with van der Waals surface area (Å²) >= 11 is 1.46. The molecule has 1 atom stereocenters. The van der Waals surface area contributed by atoms with Gasteiger partial charge in [-0.05, 0) is 19.3 Å². The van der Waals surface area contributed by atoms with Crippen LogP contribution < -0.4 is 4.90 Å². The molecule has 2 aliphatic heterocycles. The van der Waals surface area contributed by atoms with Crippen molar-refractivity contribution in [3.05, 3.63) is 5.82 Å². The van der Waals surface area contributed by atoms with Crippen LogP contribution in [0.5, 0.6) is 0 Å². The van der Waals surface area contributed by atoms with Crippen molar-refractivity contribution in [3.63, 3.8) is 0 Å². The van der Waals surface area contributed by atoms with Crippen LogP contribution in [0.3, 0.4) is 0 Å². The molecule has 1 amide bonds. The van der Waals surface area contributed by atoms with Crippen LogP contribution in [0.25, 0.3) is 0 Å². The van der Waals surface area contributed by atoms with E-state index in [0.717, 1.165) is 69.2 Å². The zero-order chi connectivity index (χ0) is 17.3. The summed E-state index contributed by atoms with van der Waals surface area (Å²) < 4.78 is 16.1. The highest BCUT2D eigenvalue weighted by atomic mass is 32.1. The minimum Gasteiger partial charge on any atom is -0.347 e. The van der Waals surface area contributed by atoms with Crippen LogP contribution in [-0.2, 0) is 20.7 Å². The maximum absolute atomic E-state index is 13.1. The van der Waals surface area contributed by atoms with Crippen LogP contribution in [-0.4, -0.2) is 65.3 Å². The number of hydrogen-bond acceptors (Lipinski definition) is 7. The highest BCUT2D eigenvalue weighted by Gasteiger charge is 2.52. The van der Waals surface area contributed by atoms with Crippen molar-refractivity contribution < 1.29 is 14.3 Å². The van der Waals surface area contributed by atoms with Crippen molar-refractivity contribution in [2.75, 3.05) is 44.3 Å². The second-order valence-corrected chi connectivity index (χ2v) is 7.70. The Hall–Kier alpha value is -1.25. The second kappa shape index (κ2) is 7.17. The van der Waals surface area contributed by atoms with E-state index in [-0.39, 0.29) is 11.8 Å². The molecular weight excluding hydrogens is 340 g/mol. The molecule has 2 saturated heterocycles. The molecular formula is C17H26N4O3S. The lowest BCUT2D eigenvalue weighted by molar-refractivity contribution is -0.191. The van der Waals surface area contributed by atoms with Crippen LogP contribution in [0.1, 0.15) is 38.4 Å². The van der Waals surface area contributed by atoms with Crippen molar-refractivity contribution in [1.29, 1.82) is 0 Å². The van der Waals surface area contributed by atoms with Gasteiger partial charge in [0.25, 0.3) is 0 Å².